The molecule has 4 aromatic rings. The molecule has 3 aromatic carbocycles. The molecule has 154 valence electrons. The number of nitro groups is 1. The van der Waals surface area contributed by atoms with Crippen LogP contribution in [-0.4, -0.2) is 21.2 Å². The van der Waals surface area contributed by atoms with Crippen LogP contribution in [0.25, 0.3) is 28.6 Å². The van der Waals surface area contributed by atoms with Crippen LogP contribution in [0.15, 0.2) is 70.1 Å². The topological polar surface area (TPSA) is 102 Å². The minimum Gasteiger partial charge on any atom is -0.507 e. The van der Waals surface area contributed by atoms with Crippen LogP contribution in [0.4, 0.5) is 11.4 Å². The largest absolute Gasteiger partial charge is 0.507 e. The zero-order valence-corrected chi connectivity index (χ0v) is 16.9. The van der Waals surface area contributed by atoms with Gasteiger partial charge in [0.1, 0.15) is 11.3 Å². The number of benzene rings is 3. The second-order valence-electron chi connectivity index (χ2n) is 7.14. The quantitative estimate of drug-likeness (QED) is 0.240. The molecule has 0 unspecified atom stereocenters. The highest BCUT2D eigenvalue weighted by molar-refractivity contribution is 5.83. The van der Waals surface area contributed by atoms with Crippen LogP contribution in [-0.2, 0) is 0 Å². The summed E-state index contributed by atoms with van der Waals surface area (Å²) in [7, 11) is 0. The molecule has 0 radical (unpaired) electrons. The fourth-order valence-electron chi connectivity index (χ4n) is 3.29. The Kier molecular flexibility index (Phi) is 5.32. The monoisotopic (exact) mass is 413 g/mol. The van der Waals surface area contributed by atoms with E-state index >= 15 is 0 Å². The summed E-state index contributed by atoms with van der Waals surface area (Å²) in [6, 6.07) is 15.2. The molecular weight excluding hydrogens is 394 g/mol. The number of rotatable bonds is 5. The number of non-ortho nitro benzene ring substituents is 1. The minimum absolute atomic E-state index is 0.0334. The van der Waals surface area contributed by atoms with E-state index in [1.807, 2.05) is 26.0 Å². The highest BCUT2D eigenvalue weighted by Gasteiger charge is 2.14. The van der Waals surface area contributed by atoms with Crippen molar-refractivity contribution in [2.45, 2.75) is 13.8 Å². The van der Waals surface area contributed by atoms with E-state index in [0.29, 0.717) is 28.3 Å². The molecule has 7 nitrogen and oxygen atoms in total. The fourth-order valence-corrected chi connectivity index (χ4v) is 3.29. The van der Waals surface area contributed by atoms with E-state index in [2.05, 4.69) is 9.98 Å². The number of nitro benzene ring substituents is 1. The maximum Gasteiger partial charge on any atom is 0.270 e. The van der Waals surface area contributed by atoms with Crippen molar-refractivity contribution in [3.8, 4) is 17.2 Å². The summed E-state index contributed by atoms with van der Waals surface area (Å²) >= 11 is 0. The van der Waals surface area contributed by atoms with Gasteiger partial charge in [-0.25, -0.2) is 4.98 Å². The Bertz CT molecular complexity index is 1350. The van der Waals surface area contributed by atoms with Crippen LogP contribution in [0.3, 0.4) is 0 Å². The number of hydrogen-bond acceptors (Lipinski definition) is 6. The van der Waals surface area contributed by atoms with E-state index in [-0.39, 0.29) is 11.4 Å². The van der Waals surface area contributed by atoms with E-state index in [1.165, 1.54) is 12.1 Å². The molecule has 0 saturated heterocycles. The number of nitrogens with zero attached hydrogens (tertiary/aromatic N) is 3. The van der Waals surface area contributed by atoms with Crippen molar-refractivity contribution in [1.82, 2.24) is 4.98 Å². The molecule has 0 saturated carbocycles. The first-order valence-electron chi connectivity index (χ1n) is 9.57. The van der Waals surface area contributed by atoms with Gasteiger partial charge in [0.25, 0.3) is 5.69 Å². The first-order chi connectivity index (χ1) is 14.9. The Morgan fingerprint density at radius 1 is 1.13 bits per heavy atom. The number of aromatic nitrogens is 1. The van der Waals surface area contributed by atoms with Gasteiger partial charge in [0.05, 0.1) is 16.2 Å². The lowest BCUT2D eigenvalue weighted by Gasteiger charge is -2.01. The molecule has 0 atom stereocenters. The van der Waals surface area contributed by atoms with Crippen molar-refractivity contribution in [1.29, 1.82) is 0 Å². The standard InChI is InChI=1S/C24H19N3O4/c1-15-11-16(2)23-21(12-15)26-24(31-23)20-14-18(8-9-22(20)28)25-10-4-6-17-5-3-7-19(13-17)27(29)30/h3-14,28H,1-2H3/b6-4-,25-10?. The molecule has 0 amide bonds. The normalized spacial score (nSPS) is 11.7. The Morgan fingerprint density at radius 3 is 2.77 bits per heavy atom. The predicted molar refractivity (Wildman–Crippen MR) is 121 cm³/mol. The molecule has 0 aliphatic carbocycles. The molecule has 31 heavy (non-hydrogen) atoms. The number of allylic oxidation sites excluding steroid dienone is 1. The summed E-state index contributed by atoms with van der Waals surface area (Å²) in [6.45, 7) is 3.95. The third kappa shape index (κ3) is 4.35. The smallest absolute Gasteiger partial charge is 0.270 e. The molecule has 0 aliphatic heterocycles. The lowest BCUT2D eigenvalue weighted by molar-refractivity contribution is -0.384. The summed E-state index contributed by atoms with van der Waals surface area (Å²) in [5.41, 5.74) is 5.28. The van der Waals surface area contributed by atoms with Crippen LogP contribution in [0.2, 0.25) is 0 Å². The number of phenols is 1. The lowest BCUT2D eigenvalue weighted by Crippen LogP contribution is -1.87. The Labute approximate surface area is 178 Å². The SMILES string of the molecule is Cc1cc(C)c2oc(-c3cc(N=C/C=C\c4cccc([N+](=O)[O-])c4)ccc3O)nc2c1. The summed E-state index contributed by atoms with van der Waals surface area (Å²) in [4.78, 5) is 19.3. The predicted octanol–water partition coefficient (Wildman–Crippen LogP) is 6.14. The molecule has 1 N–H and O–H groups in total. The maximum atomic E-state index is 10.9. The highest BCUT2D eigenvalue weighted by Crippen LogP contribution is 2.35. The van der Waals surface area contributed by atoms with E-state index in [4.69, 9.17) is 4.42 Å². The van der Waals surface area contributed by atoms with Gasteiger partial charge in [-0.3, -0.25) is 15.1 Å². The number of hydrogen-bond donors (Lipinski definition) is 1. The van der Waals surface area contributed by atoms with Crippen molar-refractivity contribution < 1.29 is 14.4 Å². The average Bonchev–Trinajstić information content (AvgIpc) is 3.16. The van der Waals surface area contributed by atoms with Crippen molar-refractivity contribution >= 4 is 34.8 Å². The number of oxazole rings is 1. The Morgan fingerprint density at radius 2 is 1.97 bits per heavy atom. The molecule has 1 heterocycles. The fraction of sp³-hybridized carbons (Fsp3) is 0.0833. The second kappa shape index (κ2) is 8.23. The van der Waals surface area contributed by atoms with Gasteiger partial charge < -0.3 is 9.52 Å². The molecule has 7 heteroatoms. The van der Waals surface area contributed by atoms with Crippen molar-refractivity contribution in [3.63, 3.8) is 0 Å². The Hall–Kier alpha value is -4.26. The van der Waals surface area contributed by atoms with E-state index in [9.17, 15) is 15.2 Å². The molecule has 0 aliphatic rings. The van der Waals surface area contributed by atoms with Crippen molar-refractivity contribution in [2.75, 3.05) is 0 Å². The van der Waals surface area contributed by atoms with Crippen LogP contribution in [0.1, 0.15) is 16.7 Å². The van der Waals surface area contributed by atoms with Gasteiger partial charge in [-0.2, -0.15) is 0 Å². The minimum atomic E-state index is -0.432. The maximum absolute atomic E-state index is 10.9. The molecule has 0 fully saturated rings. The van der Waals surface area contributed by atoms with Gasteiger partial charge in [0, 0.05) is 18.3 Å². The number of phenolic OH excluding ortho intramolecular Hbond substituents is 1. The van der Waals surface area contributed by atoms with E-state index in [0.717, 1.165) is 16.6 Å². The van der Waals surface area contributed by atoms with Gasteiger partial charge in [0.15, 0.2) is 5.58 Å². The highest BCUT2D eigenvalue weighted by atomic mass is 16.6. The summed E-state index contributed by atoms with van der Waals surface area (Å²) in [5.74, 6) is 0.373. The lowest BCUT2D eigenvalue weighted by atomic mass is 10.1. The molecule has 0 spiro atoms. The third-order valence-electron chi connectivity index (χ3n) is 4.71. The summed E-state index contributed by atoms with van der Waals surface area (Å²) < 4.78 is 5.90. The molecule has 4 rings (SSSR count). The zero-order chi connectivity index (χ0) is 22.0. The van der Waals surface area contributed by atoms with Crippen LogP contribution < -0.4 is 0 Å². The third-order valence-corrected chi connectivity index (χ3v) is 4.71. The number of fused-ring (bicyclic) bond motifs is 1. The summed E-state index contributed by atoms with van der Waals surface area (Å²) in [5, 5.41) is 21.2. The first-order valence-corrected chi connectivity index (χ1v) is 9.57. The van der Waals surface area contributed by atoms with Gasteiger partial charge in [-0.05, 0) is 60.9 Å². The summed E-state index contributed by atoms with van der Waals surface area (Å²) in [6.07, 6.45) is 5.00. The molecule has 1 aromatic heterocycles. The van der Waals surface area contributed by atoms with Gasteiger partial charge in [0.2, 0.25) is 5.89 Å². The van der Waals surface area contributed by atoms with E-state index < -0.39 is 4.92 Å². The van der Waals surface area contributed by atoms with E-state index in [1.54, 1.807) is 48.7 Å². The van der Waals surface area contributed by atoms with Gasteiger partial charge in [-0.1, -0.05) is 24.3 Å². The number of aromatic hydroxyl groups is 1. The van der Waals surface area contributed by atoms with Crippen molar-refractivity contribution in [2.24, 2.45) is 4.99 Å². The zero-order valence-electron chi connectivity index (χ0n) is 16.9. The van der Waals surface area contributed by atoms with Gasteiger partial charge >= 0.3 is 0 Å². The number of aliphatic imine (C=N–C) groups is 1. The first kappa shape index (κ1) is 20.0. The second-order valence-corrected chi connectivity index (χ2v) is 7.14. The molecule has 0 bridgehead atoms. The Balaban J connectivity index is 1.59. The molecular formula is C24H19N3O4. The van der Waals surface area contributed by atoms with Crippen molar-refractivity contribution in [3.05, 3.63) is 87.5 Å². The van der Waals surface area contributed by atoms with Gasteiger partial charge in [-0.15, -0.1) is 0 Å². The number of aryl methyl sites for hydroxylation is 2. The average molecular weight is 413 g/mol. The van der Waals surface area contributed by atoms with Crippen LogP contribution in [0, 0.1) is 24.0 Å². The van der Waals surface area contributed by atoms with Crippen LogP contribution in [0.5, 0.6) is 5.75 Å². The van der Waals surface area contributed by atoms with Crippen LogP contribution >= 0.6 is 0 Å².